The number of thioether (sulfide) groups is 3. The summed E-state index contributed by atoms with van der Waals surface area (Å²) in [4.78, 5) is 147. The number of primary amides is 1. The van der Waals surface area contributed by atoms with Crippen LogP contribution in [0.3, 0.4) is 0 Å². The van der Waals surface area contributed by atoms with Crippen LogP contribution >= 0.6 is 35.3 Å². The van der Waals surface area contributed by atoms with Crippen molar-refractivity contribution in [2.45, 2.75) is 152 Å². The van der Waals surface area contributed by atoms with Crippen LogP contribution in [-0.2, 0) is 59.2 Å². The van der Waals surface area contributed by atoms with E-state index in [1.165, 1.54) is 42.2 Å². The smallest absolute Gasteiger partial charge is 0.305 e. The van der Waals surface area contributed by atoms with Crippen molar-refractivity contribution in [3.05, 3.63) is 35.9 Å². The predicted molar refractivity (Wildman–Crippen MR) is 306 cm³/mol. The monoisotopic (exact) mass is 1170 g/mol. The van der Waals surface area contributed by atoms with Gasteiger partial charge in [-0.25, -0.2) is 0 Å². The van der Waals surface area contributed by atoms with Crippen LogP contribution in [0.5, 0.6) is 0 Å². The maximum Gasteiger partial charge on any atom is 0.305 e. The van der Waals surface area contributed by atoms with Crippen molar-refractivity contribution in [1.29, 1.82) is 0 Å². The highest BCUT2D eigenvalue weighted by Gasteiger charge is 2.36. The van der Waals surface area contributed by atoms with Crippen molar-refractivity contribution in [1.82, 2.24) is 47.9 Å². The summed E-state index contributed by atoms with van der Waals surface area (Å²) in [7, 11) is 0. The van der Waals surface area contributed by atoms with Crippen molar-refractivity contribution in [2.24, 2.45) is 23.1 Å². The van der Waals surface area contributed by atoms with Crippen molar-refractivity contribution in [3.63, 3.8) is 0 Å². The van der Waals surface area contributed by atoms with Gasteiger partial charge in [-0.1, -0.05) is 50.6 Å². The van der Waals surface area contributed by atoms with Gasteiger partial charge >= 0.3 is 5.97 Å². The number of amides is 10. The molecule has 0 aliphatic heterocycles. The fraction of sp³-hybridized carbons (Fsp3) is 0.667. The van der Waals surface area contributed by atoms with Gasteiger partial charge in [0.05, 0.1) is 13.0 Å². The molecule has 446 valence electrons. The normalized spacial score (nSPS) is 14.8. The molecule has 10 atom stereocenters. The molecule has 0 saturated heterocycles. The van der Waals surface area contributed by atoms with Gasteiger partial charge in [-0.05, 0) is 118 Å². The molecular weight excluding hydrogens is 1080 g/mol. The molecule has 0 spiro atoms. The zero-order chi connectivity index (χ0) is 59.5. The summed E-state index contributed by atoms with van der Waals surface area (Å²) in [6.45, 7) is 4.47. The first-order chi connectivity index (χ1) is 37.6. The van der Waals surface area contributed by atoms with E-state index in [9.17, 15) is 63.0 Å². The molecule has 28 heteroatoms. The van der Waals surface area contributed by atoms with Crippen LogP contribution in [0.15, 0.2) is 30.3 Å². The third-order valence-electron chi connectivity index (χ3n) is 12.5. The van der Waals surface area contributed by atoms with Gasteiger partial charge in [-0.15, -0.1) is 0 Å². The second kappa shape index (κ2) is 40.5. The number of aliphatic hydroxyl groups is 1. The number of hydrogen-bond donors (Lipinski definition) is 14. The molecule has 79 heavy (non-hydrogen) atoms. The zero-order valence-electron chi connectivity index (χ0n) is 46.2. The second-order valence-corrected chi connectivity index (χ2v) is 21.8. The highest BCUT2D eigenvalue weighted by Crippen LogP contribution is 2.13. The third-order valence-corrected chi connectivity index (χ3v) is 14.4. The third kappa shape index (κ3) is 28.3. The molecule has 0 aliphatic rings. The molecule has 0 unspecified atom stereocenters. The second-order valence-electron chi connectivity index (χ2n) is 18.8. The fourth-order valence-electron chi connectivity index (χ4n) is 7.78. The number of carbonyl (C=O) groups excluding carboxylic acids is 10. The molecule has 0 fully saturated rings. The van der Waals surface area contributed by atoms with E-state index in [0.29, 0.717) is 61.5 Å². The summed E-state index contributed by atoms with van der Waals surface area (Å²) in [5, 5.41) is 43.1. The Morgan fingerprint density at radius 1 is 0.506 bits per heavy atom. The zero-order valence-corrected chi connectivity index (χ0v) is 48.7. The highest BCUT2D eigenvalue weighted by atomic mass is 32.2. The molecule has 10 amide bonds. The molecule has 0 aromatic heterocycles. The van der Waals surface area contributed by atoms with Crippen molar-refractivity contribution < 1.29 is 63.0 Å². The van der Waals surface area contributed by atoms with Gasteiger partial charge in [-0.2, -0.15) is 35.3 Å². The number of aliphatic carboxylic acids is 1. The van der Waals surface area contributed by atoms with Crippen LogP contribution in [-0.4, -0.2) is 185 Å². The summed E-state index contributed by atoms with van der Waals surface area (Å²) in [6, 6.07) is -3.31. The maximum atomic E-state index is 14.5. The number of hydrogen-bond acceptors (Lipinski definition) is 17. The largest absolute Gasteiger partial charge is 0.481 e. The molecule has 0 aliphatic carbocycles. The first kappa shape index (κ1) is 71.3. The minimum absolute atomic E-state index is 0.0178. The van der Waals surface area contributed by atoms with Crippen LogP contribution < -0.4 is 65.1 Å². The van der Waals surface area contributed by atoms with Crippen LogP contribution in [0.4, 0.5) is 0 Å². The van der Waals surface area contributed by atoms with Gasteiger partial charge in [0.2, 0.25) is 59.1 Å². The van der Waals surface area contributed by atoms with E-state index in [2.05, 4.69) is 47.9 Å². The van der Waals surface area contributed by atoms with E-state index in [-0.39, 0.29) is 51.0 Å². The minimum atomic E-state index is -1.78. The summed E-state index contributed by atoms with van der Waals surface area (Å²) in [5.74, 6) is -8.69. The Kier molecular flexibility index (Phi) is 36.6. The molecule has 1 aromatic rings. The summed E-state index contributed by atoms with van der Waals surface area (Å²) < 4.78 is 0. The average molecular weight is 1170 g/mol. The van der Waals surface area contributed by atoms with Crippen LogP contribution in [0.2, 0.25) is 0 Å². The van der Waals surface area contributed by atoms with Crippen LogP contribution in [0, 0.1) is 5.92 Å². The minimum Gasteiger partial charge on any atom is -0.481 e. The standard InChI is InChI=1S/C51H86N12O13S3/c1-7-30(2)42(55-31(3)65)51(76)60-37(21-26-79-6)45(70)59-35(19-24-77-4)46(71)61-38(27-32-15-9-8-10-16-32)48(73)57-34(18-12-14-23-53)44(69)58-36(20-25-78-5)47(72)63-40(29-64)50(75)62-39(28-41(66)67)49(74)56-33(43(54)68)17-11-13-22-52/h8-10,15-16,30,33-40,42,64H,7,11-14,17-29,52-53H2,1-6H3,(H2,54,68)(H,55,65)(H,56,74)(H,57,73)(H,58,69)(H,59,70)(H,60,76)(H,61,71)(H,62,75)(H,63,72)(H,66,67)/t30-,33-,34-,35-,36-,37-,38-,39-,40-,42-/m0/s1. The van der Waals surface area contributed by atoms with Gasteiger partial charge in [0, 0.05) is 13.3 Å². The predicted octanol–water partition coefficient (Wildman–Crippen LogP) is -1.87. The quantitative estimate of drug-likeness (QED) is 0.0319. The van der Waals surface area contributed by atoms with Gasteiger partial charge in [0.1, 0.15) is 54.4 Å². The fourth-order valence-corrected chi connectivity index (χ4v) is 9.19. The summed E-state index contributed by atoms with van der Waals surface area (Å²) in [5.41, 5.74) is 17.4. The molecule has 1 aromatic carbocycles. The van der Waals surface area contributed by atoms with Gasteiger partial charge in [0.15, 0.2) is 0 Å². The Labute approximate surface area is 476 Å². The number of nitrogens with one attached hydrogen (secondary N) is 9. The molecule has 0 saturated carbocycles. The van der Waals surface area contributed by atoms with Gasteiger partial charge in [-0.3, -0.25) is 52.7 Å². The molecule has 0 bridgehead atoms. The number of carbonyl (C=O) groups is 11. The van der Waals surface area contributed by atoms with Crippen molar-refractivity contribution >= 4 is 100 Å². The highest BCUT2D eigenvalue weighted by molar-refractivity contribution is 7.98. The topological polar surface area (TPSA) is 415 Å². The number of carboxylic acids is 1. The Morgan fingerprint density at radius 2 is 0.873 bits per heavy atom. The van der Waals surface area contributed by atoms with Gasteiger partial charge < -0.3 is 75.3 Å². The lowest BCUT2D eigenvalue weighted by molar-refractivity contribution is -0.141. The average Bonchev–Trinajstić information content (AvgIpc) is 3.41. The van der Waals surface area contributed by atoms with Crippen molar-refractivity contribution in [2.75, 3.05) is 55.7 Å². The number of benzene rings is 1. The molecule has 0 heterocycles. The number of nitrogens with two attached hydrogens (primary N) is 3. The van der Waals surface area contributed by atoms with E-state index in [0.717, 1.165) is 0 Å². The lowest BCUT2D eigenvalue weighted by atomic mass is 9.97. The molecule has 1 rings (SSSR count). The molecule has 25 nitrogen and oxygen atoms in total. The number of rotatable bonds is 42. The Hall–Kier alpha value is -5.68. The van der Waals surface area contributed by atoms with Crippen molar-refractivity contribution in [3.8, 4) is 0 Å². The SMILES string of the molecule is CC[C@H](C)[C@H](NC(C)=O)C(=O)N[C@@H](CCSC)C(=O)N[C@@H](CCSC)C(=O)N[C@@H](Cc1ccccc1)C(=O)N[C@@H](CCCCN)C(=O)N[C@@H](CCSC)C(=O)N[C@@H](CO)C(=O)N[C@@H](CC(=O)O)C(=O)N[C@@H](CCCCN)C(N)=O. The lowest BCUT2D eigenvalue weighted by Gasteiger charge is -2.28. The number of unbranched alkanes of at least 4 members (excludes halogenated alkanes) is 2. The van der Waals surface area contributed by atoms with E-state index >= 15 is 0 Å². The van der Waals surface area contributed by atoms with Crippen LogP contribution in [0.25, 0.3) is 0 Å². The van der Waals surface area contributed by atoms with E-state index in [1.54, 1.807) is 43.5 Å². The summed E-state index contributed by atoms with van der Waals surface area (Å²) >= 11 is 4.17. The Morgan fingerprint density at radius 3 is 1.28 bits per heavy atom. The molecular formula is C51H86N12O13S3. The lowest BCUT2D eigenvalue weighted by Crippen LogP contribution is -2.61. The van der Waals surface area contributed by atoms with E-state index in [4.69, 9.17) is 17.2 Å². The first-order valence-electron chi connectivity index (χ1n) is 26.3. The Balaban J connectivity index is 3.55. The Bertz CT molecular complexity index is 2120. The van der Waals surface area contributed by atoms with E-state index in [1.807, 2.05) is 19.4 Å². The van der Waals surface area contributed by atoms with E-state index < -0.39 is 132 Å². The van der Waals surface area contributed by atoms with Gasteiger partial charge in [0.25, 0.3) is 0 Å². The van der Waals surface area contributed by atoms with Crippen LogP contribution in [0.1, 0.15) is 97.0 Å². The number of aliphatic hydroxyl groups excluding tert-OH is 1. The molecule has 0 radical (unpaired) electrons. The maximum absolute atomic E-state index is 14.5. The first-order valence-corrected chi connectivity index (χ1v) is 30.5. The number of carboxylic acid groups (broad SMARTS) is 1. The summed E-state index contributed by atoms with van der Waals surface area (Å²) in [6.07, 6.45) is 7.00. The molecule has 17 N–H and O–H groups in total.